The Hall–Kier alpha value is -1.28. The molecule has 0 aliphatic rings. The van der Waals surface area contributed by atoms with Gasteiger partial charge in [0.2, 0.25) is 0 Å². The van der Waals surface area contributed by atoms with Gasteiger partial charge in [0.1, 0.15) is 0 Å². The van der Waals surface area contributed by atoms with E-state index in [0.29, 0.717) is 0 Å². The molecule has 2 aromatic rings. The molecule has 0 saturated carbocycles. The standard InChI is InChI=1S/C15H19ClN2/c1-9-6-7-14(8-10(9)2)18-13(5)15(11(3)16)12(4)17-18/h6-8,11H,1-5H3. The molecule has 0 aliphatic carbocycles. The van der Waals surface area contributed by atoms with Gasteiger partial charge in [0.05, 0.1) is 16.8 Å². The third-order valence-electron chi connectivity index (χ3n) is 3.48. The summed E-state index contributed by atoms with van der Waals surface area (Å²) in [6.07, 6.45) is 0. The lowest BCUT2D eigenvalue weighted by atomic mass is 10.1. The topological polar surface area (TPSA) is 17.8 Å². The van der Waals surface area contributed by atoms with Crippen molar-refractivity contribution >= 4 is 11.6 Å². The van der Waals surface area contributed by atoms with Crippen molar-refractivity contribution in [3.8, 4) is 5.69 Å². The number of hydrogen-bond donors (Lipinski definition) is 0. The zero-order chi connectivity index (χ0) is 13.4. The molecule has 2 nitrogen and oxygen atoms in total. The van der Waals surface area contributed by atoms with E-state index in [9.17, 15) is 0 Å². The minimum Gasteiger partial charge on any atom is -0.238 e. The average Bonchev–Trinajstić information content (AvgIpc) is 2.58. The molecule has 18 heavy (non-hydrogen) atoms. The van der Waals surface area contributed by atoms with Crippen molar-refractivity contribution in [2.24, 2.45) is 0 Å². The van der Waals surface area contributed by atoms with E-state index in [1.165, 1.54) is 11.1 Å². The Labute approximate surface area is 114 Å². The highest BCUT2D eigenvalue weighted by Crippen LogP contribution is 2.28. The summed E-state index contributed by atoms with van der Waals surface area (Å²) in [4.78, 5) is 0. The largest absolute Gasteiger partial charge is 0.238 e. The monoisotopic (exact) mass is 262 g/mol. The van der Waals surface area contributed by atoms with E-state index < -0.39 is 0 Å². The van der Waals surface area contributed by atoms with Gasteiger partial charge in [0.15, 0.2) is 0 Å². The van der Waals surface area contributed by atoms with E-state index in [1.807, 2.05) is 18.5 Å². The molecule has 0 N–H and O–H groups in total. The van der Waals surface area contributed by atoms with Crippen LogP contribution in [0.5, 0.6) is 0 Å². The Morgan fingerprint density at radius 2 is 1.78 bits per heavy atom. The number of nitrogens with zero attached hydrogens (tertiary/aromatic N) is 2. The van der Waals surface area contributed by atoms with Gasteiger partial charge >= 0.3 is 0 Å². The molecule has 2 rings (SSSR count). The smallest absolute Gasteiger partial charge is 0.0651 e. The highest BCUT2D eigenvalue weighted by Gasteiger charge is 2.16. The Bertz CT molecular complexity index is 582. The number of aryl methyl sites for hydroxylation is 3. The molecule has 0 radical (unpaired) electrons. The SMILES string of the molecule is Cc1ccc(-n2nc(C)c(C(C)Cl)c2C)cc1C. The zero-order valence-electron chi connectivity index (χ0n) is 11.6. The van der Waals surface area contributed by atoms with Crippen LogP contribution in [0.15, 0.2) is 18.2 Å². The molecule has 1 aromatic heterocycles. The minimum absolute atomic E-state index is 0.00899. The van der Waals surface area contributed by atoms with Crippen molar-refractivity contribution in [1.82, 2.24) is 9.78 Å². The predicted molar refractivity (Wildman–Crippen MR) is 76.8 cm³/mol. The molecule has 0 bridgehead atoms. The zero-order valence-corrected chi connectivity index (χ0v) is 12.3. The molecule has 1 heterocycles. The molecule has 1 aromatic carbocycles. The molecular formula is C15H19ClN2. The molecule has 3 heteroatoms. The van der Waals surface area contributed by atoms with E-state index in [1.54, 1.807) is 0 Å². The maximum Gasteiger partial charge on any atom is 0.0651 e. The average molecular weight is 263 g/mol. The van der Waals surface area contributed by atoms with E-state index in [2.05, 4.69) is 44.1 Å². The Balaban J connectivity index is 2.58. The maximum atomic E-state index is 6.22. The maximum absolute atomic E-state index is 6.22. The van der Waals surface area contributed by atoms with E-state index >= 15 is 0 Å². The van der Waals surface area contributed by atoms with Crippen LogP contribution < -0.4 is 0 Å². The molecule has 1 unspecified atom stereocenters. The fourth-order valence-corrected chi connectivity index (χ4v) is 2.65. The number of alkyl halides is 1. The lowest BCUT2D eigenvalue weighted by Gasteiger charge is -2.08. The van der Waals surface area contributed by atoms with Crippen LogP contribution in [0, 0.1) is 27.7 Å². The van der Waals surface area contributed by atoms with Crippen molar-refractivity contribution in [3.63, 3.8) is 0 Å². The number of benzene rings is 1. The Morgan fingerprint density at radius 3 is 2.28 bits per heavy atom. The van der Waals surface area contributed by atoms with Crippen LogP contribution in [0.25, 0.3) is 5.69 Å². The number of halogens is 1. The van der Waals surface area contributed by atoms with Crippen LogP contribution in [-0.2, 0) is 0 Å². The van der Waals surface area contributed by atoms with Crippen molar-refractivity contribution in [1.29, 1.82) is 0 Å². The molecular weight excluding hydrogens is 244 g/mol. The van der Waals surface area contributed by atoms with Gasteiger partial charge in [-0.25, -0.2) is 4.68 Å². The first-order chi connectivity index (χ1) is 8.41. The summed E-state index contributed by atoms with van der Waals surface area (Å²) in [5.41, 5.74) is 6.94. The Kier molecular flexibility index (Phi) is 3.49. The van der Waals surface area contributed by atoms with Gasteiger partial charge in [-0.15, -0.1) is 11.6 Å². The first-order valence-corrected chi connectivity index (χ1v) is 6.63. The first kappa shape index (κ1) is 13.2. The normalized spacial score (nSPS) is 12.8. The van der Waals surface area contributed by atoms with Gasteiger partial charge < -0.3 is 0 Å². The van der Waals surface area contributed by atoms with Gasteiger partial charge in [-0.05, 0) is 57.9 Å². The fraction of sp³-hybridized carbons (Fsp3) is 0.400. The number of aromatic nitrogens is 2. The van der Waals surface area contributed by atoms with E-state index in [4.69, 9.17) is 11.6 Å². The fourth-order valence-electron chi connectivity index (χ4n) is 2.34. The van der Waals surface area contributed by atoms with Crippen LogP contribution in [-0.4, -0.2) is 9.78 Å². The summed E-state index contributed by atoms with van der Waals surface area (Å²) >= 11 is 6.22. The van der Waals surface area contributed by atoms with Crippen molar-refractivity contribution in [2.75, 3.05) is 0 Å². The van der Waals surface area contributed by atoms with Crippen molar-refractivity contribution in [3.05, 3.63) is 46.3 Å². The third kappa shape index (κ3) is 2.17. The second kappa shape index (κ2) is 4.77. The van der Waals surface area contributed by atoms with Crippen LogP contribution in [0.4, 0.5) is 0 Å². The first-order valence-electron chi connectivity index (χ1n) is 6.19. The Morgan fingerprint density at radius 1 is 1.11 bits per heavy atom. The second-order valence-corrected chi connectivity index (χ2v) is 5.54. The second-order valence-electron chi connectivity index (χ2n) is 4.88. The van der Waals surface area contributed by atoms with Crippen LogP contribution >= 0.6 is 11.6 Å². The number of hydrogen-bond acceptors (Lipinski definition) is 1. The molecule has 0 spiro atoms. The summed E-state index contributed by atoms with van der Waals surface area (Å²) in [6.45, 7) is 10.3. The summed E-state index contributed by atoms with van der Waals surface area (Å²) in [7, 11) is 0. The summed E-state index contributed by atoms with van der Waals surface area (Å²) in [5, 5.41) is 4.60. The van der Waals surface area contributed by atoms with Crippen molar-refractivity contribution in [2.45, 2.75) is 40.0 Å². The molecule has 0 aliphatic heterocycles. The molecule has 1 atom stereocenters. The third-order valence-corrected chi connectivity index (χ3v) is 3.70. The molecule has 96 valence electrons. The van der Waals surface area contributed by atoms with Crippen molar-refractivity contribution < 1.29 is 0 Å². The van der Waals surface area contributed by atoms with E-state index in [-0.39, 0.29) is 5.38 Å². The van der Waals surface area contributed by atoms with Gasteiger partial charge in [0, 0.05) is 11.3 Å². The van der Waals surface area contributed by atoms with Crippen LogP contribution in [0.2, 0.25) is 0 Å². The van der Waals surface area contributed by atoms with Gasteiger partial charge in [-0.1, -0.05) is 6.07 Å². The van der Waals surface area contributed by atoms with E-state index in [0.717, 1.165) is 22.6 Å². The number of rotatable bonds is 2. The van der Waals surface area contributed by atoms with Gasteiger partial charge in [0.25, 0.3) is 0 Å². The van der Waals surface area contributed by atoms with Gasteiger partial charge in [-0.2, -0.15) is 5.10 Å². The molecule has 0 saturated heterocycles. The predicted octanol–water partition coefficient (Wildman–Crippen LogP) is 4.41. The quantitative estimate of drug-likeness (QED) is 0.733. The lowest BCUT2D eigenvalue weighted by molar-refractivity contribution is 0.830. The highest BCUT2D eigenvalue weighted by atomic mass is 35.5. The molecule has 0 amide bonds. The minimum atomic E-state index is -0.00899. The van der Waals surface area contributed by atoms with Gasteiger partial charge in [-0.3, -0.25) is 0 Å². The molecule has 0 fully saturated rings. The summed E-state index contributed by atoms with van der Waals surface area (Å²) in [5.74, 6) is 0. The lowest BCUT2D eigenvalue weighted by Crippen LogP contribution is -2.00. The highest BCUT2D eigenvalue weighted by molar-refractivity contribution is 6.20. The summed E-state index contributed by atoms with van der Waals surface area (Å²) < 4.78 is 1.98. The summed E-state index contributed by atoms with van der Waals surface area (Å²) in [6, 6.07) is 6.40. The van der Waals surface area contributed by atoms with Crippen LogP contribution in [0.1, 0.15) is 40.4 Å². The van der Waals surface area contributed by atoms with Crippen LogP contribution in [0.3, 0.4) is 0 Å².